The summed E-state index contributed by atoms with van der Waals surface area (Å²) < 4.78 is 27.5. The van der Waals surface area contributed by atoms with Crippen molar-refractivity contribution in [1.29, 1.82) is 5.26 Å². The van der Waals surface area contributed by atoms with E-state index in [0.717, 1.165) is 19.6 Å². The summed E-state index contributed by atoms with van der Waals surface area (Å²) in [6, 6.07) is 1.27. The molecule has 1 aromatic rings. The Morgan fingerprint density at radius 1 is 1.35 bits per heavy atom. The third-order valence-electron chi connectivity index (χ3n) is 2.80. The zero-order valence-corrected chi connectivity index (χ0v) is 12.5. The highest BCUT2D eigenvalue weighted by Gasteiger charge is 2.30. The van der Waals surface area contributed by atoms with E-state index in [1.54, 1.807) is 19.9 Å². The van der Waals surface area contributed by atoms with Gasteiger partial charge in [-0.05, 0) is 13.8 Å². The van der Waals surface area contributed by atoms with Crippen LogP contribution in [0.3, 0.4) is 0 Å². The van der Waals surface area contributed by atoms with Gasteiger partial charge in [0.15, 0.2) is 4.90 Å². The average Bonchev–Trinajstić information content (AvgIpc) is 2.36. The molecule has 0 N–H and O–H groups in total. The summed E-state index contributed by atoms with van der Waals surface area (Å²) in [6.45, 7) is 2.83. The van der Waals surface area contributed by atoms with Crippen molar-refractivity contribution in [3.8, 4) is 6.07 Å². The minimum atomic E-state index is -4.14. The smallest absolute Gasteiger partial charge is 0.302 e. The number of hydrogen-bond donors (Lipinski definition) is 0. The number of nitrogens with zero attached hydrogens (tertiary/aromatic N) is 4. The minimum absolute atomic E-state index is 0.369. The highest BCUT2D eigenvalue weighted by atomic mass is 32.2. The fourth-order valence-electron chi connectivity index (χ4n) is 1.69. The monoisotopic (exact) mass is 300 g/mol. The largest absolute Gasteiger partial charge is 0.330 e. The number of nitriles is 1. The predicted octanol–water partition coefficient (Wildman–Crippen LogP) is -0.993. The van der Waals surface area contributed by atoms with E-state index in [0.29, 0.717) is 0 Å². The Balaban J connectivity index is 3.64. The van der Waals surface area contributed by atoms with Crippen molar-refractivity contribution in [2.24, 2.45) is 14.1 Å². The third kappa shape index (κ3) is 2.66. The standard InChI is InChI=1S/C11H16N4O4S/c1-8(2)15(6-5-12)20(18,19)9-7-13(3)11(17)14(4)10(9)16/h7-8H,6H2,1-4H3. The lowest BCUT2D eigenvalue weighted by Gasteiger charge is -2.23. The summed E-state index contributed by atoms with van der Waals surface area (Å²) in [5.41, 5.74) is -1.53. The van der Waals surface area contributed by atoms with Crippen LogP contribution in [0.2, 0.25) is 0 Å². The topological polar surface area (TPSA) is 105 Å². The molecule has 0 fully saturated rings. The Morgan fingerprint density at radius 3 is 2.35 bits per heavy atom. The van der Waals surface area contributed by atoms with Gasteiger partial charge < -0.3 is 4.57 Å². The predicted molar refractivity (Wildman–Crippen MR) is 71.6 cm³/mol. The molecule has 0 amide bonds. The molecular weight excluding hydrogens is 284 g/mol. The zero-order valence-electron chi connectivity index (χ0n) is 11.7. The molecule has 110 valence electrons. The molecule has 0 bridgehead atoms. The number of rotatable bonds is 4. The van der Waals surface area contributed by atoms with E-state index in [9.17, 15) is 18.0 Å². The quantitative estimate of drug-likeness (QED) is 0.664. The lowest BCUT2D eigenvalue weighted by atomic mass is 10.4. The van der Waals surface area contributed by atoms with E-state index >= 15 is 0 Å². The highest BCUT2D eigenvalue weighted by Crippen LogP contribution is 2.13. The second-order valence-electron chi connectivity index (χ2n) is 4.55. The SMILES string of the molecule is CC(C)N(CC#N)S(=O)(=O)c1cn(C)c(=O)n(C)c1=O. The average molecular weight is 300 g/mol. The molecule has 0 radical (unpaired) electrons. The van der Waals surface area contributed by atoms with Crippen LogP contribution in [0.15, 0.2) is 20.7 Å². The van der Waals surface area contributed by atoms with E-state index in [4.69, 9.17) is 5.26 Å². The second-order valence-corrected chi connectivity index (χ2v) is 6.41. The van der Waals surface area contributed by atoms with Crippen molar-refractivity contribution in [2.45, 2.75) is 24.8 Å². The molecule has 1 aromatic heterocycles. The van der Waals surface area contributed by atoms with Gasteiger partial charge in [-0.15, -0.1) is 0 Å². The van der Waals surface area contributed by atoms with Crippen LogP contribution in [0.25, 0.3) is 0 Å². The van der Waals surface area contributed by atoms with Gasteiger partial charge in [0.1, 0.15) is 6.54 Å². The molecule has 0 unspecified atom stereocenters. The molecule has 0 saturated heterocycles. The van der Waals surface area contributed by atoms with Crippen LogP contribution in [-0.4, -0.2) is 34.4 Å². The summed E-state index contributed by atoms with van der Waals surface area (Å²) in [5, 5.41) is 8.72. The maximum absolute atomic E-state index is 12.4. The Hall–Kier alpha value is -1.92. The van der Waals surface area contributed by atoms with Gasteiger partial charge in [0.2, 0.25) is 0 Å². The van der Waals surface area contributed by atoms with Crippen LogP contribution < -0.4 is 11.2 Å². The van der Waals surface area contributed by atoms with Crippen molar-refractivity contribution in [1.82, 2.24) is 13.4 Å². The van der Waals surface area contributed by atoms with Gasteiger partial charge in [-0.2, -0.15) is 9.57 Å². The van der Waals surface area contributed by atoms with Crippen molar-refractivity contribution >= 4 is 10.0 Å². The maximum atomic E-state index is 12.4. The number of aryl methyl sites for hydroxylation is 1. The van der Waals surface area contributed by atoms with E-state index in [-0.39, 0.29) is 6.54 Å². The summed E-state index contributed by atoms with van der Waals surface area (Å²) in [5.74, 6) is 0. The molecule has 1 heterocycles. The van der Waals surface area contributed by atoms with Crippen LogP contribution in [0.4, 0.5) is 0 Å². The van der Waals surface area contributed by atoms with Gasteiger partial charge in [-0.25, -0.2) is 13.2 Å². The first kappa shape index (κ1) is 16.1. The molecule has 9 heteroatoms. The fraction of sp³-hybridized carbons (Fsp3) is 0.545. The van der Waals surface area contributed by atoms with Crippen LogP contribution >= 0.6 is 0 Å². The molecule has 20 heavy (non-hydrogen) atoms. The Bertz CT molecular complexity index is 767. The van der Waals surface area contributed by atoms with E-state index in [2.05, 4.69) is 0 Å². The van der Waals surface area contributed by atoms with E-state index < -0.39 is 32.2 Å². The number of sulfonamides is 1. The Kier molecular flexibility index (Phi) is 4.52. The van der Waals surface area contributed by atoms with Crippen LogP contribution in [-0.2, 0) is 24.1 Å². The maximum Gasteiger partial charge on any atom is 0.330 e. The molecule has 0 saturated carbocycles. The third-order valence-corrected chi connectivity index (χ3v) is 4.81. The van der Waals surface area contributed by atoms with Gasteiger partial charge in [-0.3, -0.25) is 9.36 Å². The van der Waals surface area contributed by atoms with Crippen LogP contribution in [0, 0.1) is 11.3 Å². The van der Waals surface area contributed by atoms with Gasteiger partial charge in [0, 0.05) is 26.3 Å². The number of hydrogen-bond acceptors (Lipinski definition) is 5. The first-order chi connectivity index (χ1) is 9.14. The highest BCUT2D eigenvalue weighted by molar-refractivity contribution is 7.89. The summed E-state index contributed by atoms with van der Waals surface area (Å²) in [6.07, 6.45) is 0.979. The van der Waals surface area contributed by atoms with Gasteiger partial charge >= 0.3 is 5.69 Å². The fourth-order valence-corrected chi connectivity index (χ4v) is 3.38. The van der Waals surface area contributed by atoms with Crippen LogP contribution in [0.1, 0.15) is 13.8 Å². The molecule has 8 nitrogen and oxygen atoms in total. The van der Waals surface area contributed by atoms with Gasteiger partial charge in [0.05, 0.1) is 6.07 Å². The van der Waals surface area contributed by atoms with Crippen molar-refractivity contribution in [3.63, 3.8) is 0 Å². The van der Waals surface area contributed by atoms with E-state index in [1.807, 2.05) is 0 Å². The first-order valence-electron chi connectivity index (χ1n) is 5.80. The van der Waals surface area contributed by atoms with E-state index in [1.165, 1.54) is 14.1 Å². The molecule has 0 atom stereocenters. The molecule has 0 aliphatic heterocycles. The minimum Gasteiger partial charge on any atom is -0.302 e. The lowest BCUT2D eigenvalue weighted by molar-refractivity contribution is 0.384. The van der Waals surface area contributed by atoms with Gasteiger partial charge in [-0.1, -0.05) is 0 Å². The Morgan fingerprint density at radius 2 is 1.90 bits per heavy atom. The van der Waals surface area contributed by atoms with Gasteiger partial charge in [0.25, 0.3) is 15.6 Å². The molecule has 0 aliphatic rings. The molecule has 0 aromatic carbocycles. The molecule has 0 spiro atoms. The summed E-state index contributed by atoms with van der Waals surface area (Å²) >= 11 is 0. The van der Waals surface area contributed by atoms with Crippen molar-refractivity contribution in [3.05, 3.63) is 27.0 Å². The van der Waals surface area contributed by atoms with Crippen molar-refractivity contribution in [2.75, 3.05) is 6.54 Å². The molecule has 1 rings (SSSR count). The van der Waals surface area contributed by atoms with Crippen molar-refractivity contribution < 1.29 is 8.42 Å². The lowest BCUT2D eigenvalue weighted by Crippen LogP contribution is -2.44. The first-order valence-corrected chi connectivity index (χ1v) is 7.24. The second kappa shape index (κ2) is 5.60. The normalized spacial score (nSPS) is 11.8. The molecular formula is C11H16N4O4S. The number of aromatic nitrogens is 2. The molecule has 0 aliphatic carbocycles. The zero-order chi connectivity index (χ0) is 15.7. The Labute approximate surface area is 116 Å². The summed E-state index contributed by atoms with van der Waals surface area (Å²) in [4.78, 5) is 23.0. The summed E-state index contributed by atoms with van der Waals surface area (Å²) in [7, 11) is -1.58. The van der Waals surface area contributed by atoms with Crippen LogP contribution in [0.5, 0.6) is 0 Å².